The van der Waals surface area contributed by atoms with E-state index in [4.69, 9.17) is 0 Å². The van der Waals surface area contributed by atoms with Crippen molar-refractivity contribution in [2.45, 2.75) is 30.7 Å². The van der Waals surface area contributed by atoms with Crippen LogP contribution in [0.2, 0.25) is 0 Å². The van der Waals surface area contributed by atoms with Crippen LogP contribution in [-0.2, 0) is 19.6 Å². The summed E-state index contributed by atoms with van der Waals surface area (Å²) in [5.41, 5.74) is 12.8. The number of aryl methyl sites for hydroxylation is 1. The minimum atomic E-state index is -3.99. The standard InChI is InChI=1S/C24H27N5O4S/c1-18-12-14-21(15-13-18)34(32,33)29-22(24(31)28-26-20-10-6-3-7-11-20)16-17-23(30)27-25-19-8-4-2-5-9-19/h2-15,22,25-26,29H,16-17H2,1H3,(H,27,30)(H,28,31). The first-order chi connectivity index (χ1) is 16.3. The Hall–Kier alpha value is -3.89. The predicted molar refractivity (Wildman–Crippen MR) is 131 cm³/mol. The third-order valence-corrected chi connectivity index (χ3v) is 6.32. The fourth-order valence-corrected chi connectivity index (χ4v) is 4.19. The van der Waals surface area contributed by atoms with Crippen molar-refractivity contribution in [3.05, 3.63) is 90.5 Å². The van der Waals surface area contributed by atoms with E-state index in [0.717, 1.165) is 5.56 Å². The molecule has 0 radical (unpaired) electrons. The van der Waals surface area contributed by atoms with Crippen molar-refractivity contribution in [3.63, 3.8) is 0 Å². The zero-order valence-electron chi connectivity index (χ0n) is 18.6. The summed E-state index contributed by atoms with van der Waals surface area (Å²) in [6.07, 6.45) is -0.157. The maximum Gasteiger partial charge on any atom is 0.256 e. The van der Waals surface area contributed by atoms with E-state index in [9.17, 15) is 18.0 Å². The van der Waals surface area contributed by atoms with Crippen molar-refractivity contribution in [1.29, 1.82) is 0 Å². The first-order valence-corrected chi connectivity index (χ1v) is 12.1. The summed E-state index contributed by atoms with van der Waals surface area (Å²) < 4.78 is 28.1. The van der Waals surface area contributed by atoms with Gasteiger partial charge in [-0.2, -0.15) is 4.72 Å². The van der Waals surface area contributed by atoms with Crippen molar-refractivity contribution in [2.24, 2.45) is 0 Å². The van der Waals surface area contributed by atoms with Gasteiger partial charge in [0.25, 0.3) is 5.91 Å². The Kier molecular flexibility index (Phi) is 8.60. The van der Waals surface area contributed by atoms with Crippen LogP contribution in [0.25, 0.3) is 0 Å². The van der Waals surface area contributed by atoms with Crippen molar-refractivity contribution in [1.82, 2.24) is 15.6 Å². The molecule has 5 N–H and O–H groups in total. The number of rotatable bonds is 11. The molecule has 178 valence electrons. The van der Waals surface area contributed by atoms with Crippen molar-refractivity contribution in [2.75, 3.05) is 10.9 Å². The van der Waals surface area contributed by atoms with Gasteiger partial charge in [0.1, 0.15) is 6.04 Å². The molecule has 0 bridgehead atoms. The normalized spacial score (nSPS) is 11.8. The van der Waals surface area contributed by atoms with E-state index in [0.29, 0.717) is 11.4 Å². The van der Waals surface area contributed by atoms with E-state index in [-0.39, 0.29) is 17.7 Å². The summed E-state index contributed by atoms with van der Waals surface area (Å²) in [6.45, 7) is 1.84. The number of carbonyl (C=O) groups is 2. The number of amides is 2. The van der Waals surface area contributed by atoms with Crippen LogP contribution in [0.15, 0.2) is 89.8 Å². The summed E-state index contributed by atoms with van der Waals surface area (Å²) in [4.78, 5) is 25.2. The van der Waals surface area contributed by atoms with Gasteiger partial charge in [-0.05, 0) is 49.7 Å². The third-order valence-electron chi connectivity index (χ3n) is 4.83. The monoisotopic (exact) mass is 481 g/mol. The van der Waals surface area contributed by atoms with Crippen molar-refractivity contribution < 1.29 is 18.0 Å². The molecule has 34 heavy (non-hydrogen) atoms. The van der Waals surface area contributed by atoms with Crippen molar-refractivity contribution >= 4 is 33.2 Å². The number of hydrogen-bond donors (Lipinski definition) is 5. The molecule has 3 rings (SSSR count). The summed E-state index contributed by atoms with van der Waals surface area (Å²) in [5, 5.41) is 0. The molecule has 0 aromatic heterocycles. The summed E-state index contributed by atoms with van der Waals surface area (Å²) >= 11 is 0. The lowest BCUT2D eigenvalue weighted by molar-refractivity contribution is -0.123. The van der Waals surface area contributed by atoms with Crippen LogP contribution in [-0.4, -0.2) is 26.3 Å². The van der Waals surface area contributed by atoms with Crippen LogP contribution in [0.4, 0.5) is 11.4 Å². The SMILES string of the molecule is Cc1ccc(S(=O)(=O)NC(CCC(=O)NNc2ccccc2)C(=O)NNc2ccccc2)cc1. The number of nitrogens with one attached hydrogen (secondary N) is 5. The minimum Gasteiger partial charge on any atom is -0.299 e. The molecular weight excluding hydrogens is 454 g/mol. The maximum atomic E-state index is 12.9. The third kappa shape index (κ3) is 7.61. The highest BCUT2D eigenvalue weighted by Crippen LogP contribution is 2.12. The van der Waals surface area contributed by atoms with Gasteiger partial charge in [-0.1, -0.05) is 54.1 Å². The first kappa shape index (κ1) is 24.7. The van der Waals surface area contributed by atoms with Gasteiger partial charge in [-0.15, -0.1) is 0 Å². The molecule has 1 unspecified atom stereocenters. The highest BCUT2D eigenvalue weighted by atomic mass is 32.2. The molecule has 0 aliphatic heterocycles. The second-order valence-electron chi connectivity index (χ2n) is 7.55. The fraction of sp³-hybridized carbons (Fsp3) is 0.167. The Morgan fingerprint density at radius 1 is 0.765 bits per heavy atom. The average molecular weight is 482 g/mol. The lowest BCUT2D eigenvalue weighted by atomic mass is 10.1. The molecule has 2 amide bonds. The molecule has 0 saturated carbocycles. The molecular formula is C24H27N5O4S. The zero-order valence-corrected chi connectivity index (χ0v) is 19.4. The summed E-state index contributed by atoms with van der Waals surface area (Å²) in [5.74, 6) is -1.02. The van der Waals surface area contributed by atoms with Gasteiger partial charge in [-0.25, -0.2) is 8.42 Å². The minimum absolute atomic E-state index is 0.0297. The molecule has 0 fully saturated rings. The molecule has 0 spiro atoms. The number of carbonyl (C=O) groups excluding carboxylic acids is 2. The number of hydrogen-bond acceptors (Lipinski definition) is 6. The lowest BCUT2D eigenvalue weighted by Gasteiger charge is -2.19. The van der Waals surface area contributed by atoms with Gasteiger partial charge in [-0.3, -0.25) is 31.3 Å². The van der Waals surface area contributed by atoms with E-state index in [1.807, 2.05) is 31.2 Å². The molecule has 3 aromatic carbocycles. The van der Waals surface area contributed by atoms with Gasteiger partial charge in [0, 0.05) is 6.42 Å². The van der Waals surface area contributed by atoms with E-state index in [2.05, 4.69) is 26.4 Å². The van der Waals surface area contributed by atoms with Gasteiger partial charge >= 0.3 is 0 Å². The zero-order chi connectivity index (χ0) is 24.4. The fourth-order valence-electron chi connectivity index (χ4n) is 2.96. The first-order valence-electron chi connectivity index (χ1n) is 10.6. The number of sulfonamides is 1. The molecule has 0 aliphatic carbocycles. The largest absolute Gasteiger partial charge is 0.299 e. The van der Waals surface area contributed by atoms with Gasteiger partial charge in [0.15, 0.2) is 0 Å². The second-order valence-corrected chi connectivity index (χ2v) is 9.26. The van der Waals surface area contributed by atoms with Gasteiger partial charge in [0.05, 0.1) is 16.3 Å². The highest BCUT2D eigenvalue weighted by Gasteiger charge is 2.26. The number of hydrazine groups is 2. The highest BCUT2D eigenvalue weighted by molar-refractivity contribution is 7.89. The molecule has 3 aromatic rings. The van der Waals surface area contributed by atoms with Crippen molar-refractivity contribution in [3.8, 4) is 0 Å². The Morgan fingerprint density at radius 2 is 1.29 bits per heavy atom. The lowest BCUT2D eigenvalue weighted by Crippen LogP contribution is -2.48. The molecule has 1 atom stereocenters. The Balaban J connectivity index is 1.65. The topological polar surface area (TPSA) is 128 Å². The van der Waals surface area contributed by atoms with Crippen LogP contribution >= 0.6 is 0 Å². The maximum absolute atomic E-state index is 12.9. The van der Waals surface area contributed by atoms with Crippen LogP contribution in [0.5, 0.6) is 0 Å². The van der Waals surface area contributed by atoms with Crippen LogP contribution < -0.4 is 26.4 Å². The molecule has 10 heteroatoms. The molecule has 0 aliphatic rings. The van der Waals surface area contributed by atoms with Crippen LogP contribution in [0.1, 0.15) is 18.4 Å². The Bertz CT molecular complexity index is 1190. The Morgan fingerprint density at radius 3 is 1.85 bits per heavy atom. The molecule has 9 nitrogen and oxygen atoms in total. The van der Waals surface area contributed by atoms with E-state index in [1.165, 1.54) is 12.1 Å². The van der Waals surface area contributed by atoms with Crippen LogP contribution in [0, 0.1) is 6.92 Å². The second kappa shape index (κ2) is 11.8. The number of benzene rings is 3. The summed E-state index contributed by atoms with van der Waals surface area (Å²) in [6, 6.07) is 23.0. The predicted octanol–water partition coefficient (Wildman–Crippen LogP) is 2.71. The average Bonchev–Trinajstić information content (AvgIpc) is 2.85. The number of para-hydroxylation sites is 2. The number of anilines is 2. The molecule has 0 heterocycles. The van der Waals surface area contributed by atoms with E-state index >= 15 is 0 Å². The molecule has 0 saturated heterocycles. The van der Waals surface area contributed by atoms with Gasteiger partial charge in [0.2, 0.25) is 15.9 Å². The van der Waals surface area contributed by atoms with Gasteiger partial charge < -0.3 is 0 Å². The van der Waals surface area contributed by atoms with E-state index in [1.54, 1.807) is 48.5 Å². The van der Waals surface area contributed by atoms with Crippen LogP contribution in [0.3, 0.4) is 0 Å². The van der Waals surface area contributed by atoms with E-state index < -0.39 is 27.9 Å². The quantitative estimate of drug-likeness (QED) is 0.268. The smallest absolute Gasteiger partial charge is 0.256 e. The summed E-state index contributed by atoms with van der Waals surface area (Å²) in [7, 11) is -3.99. The Labute approximate surface area is 199 Å².